The van der Waals surface area contributed by atoms with E-state index in [-0.39, 0.29) is 0 Å². The first-order valence-corrected chi connectivity index (χ1v) is 17.3. The van der Waals surface area contributed by atoms with E-state index in [0.717, 1.165) is 44.5 Å². The summed E-state index contributed by atoms with van der Waals surface area (Å²) in [4.78, 5) is 10.6. The summed E-state index contributed by atoms with van der Waals surface area (Å²) in [5.41, 5.74) is 11.3. The lowest BCUT2D eigenvalue weighted by Gasteiger charge is -2.11. The summed E-state index contributed by atoms with van der Waals surface area (Å²) in [6, 6.07) is 55.7. The number of para-hydroxylation sites is 4. The Kier molecular flexibility index (Phi) is 5.17. The number of rotatable bonds is 3. The predicted molar refractivity (Wildman–Crippen MR) is 209 cm³/mol. The second-order valence-corrected chi connectivity index (χ2v) is 13.4. The Bertz CT molecular complexity index is 3350. The highest BCUT2D eigenvalue weighted by molar-refractivity contribution is 6.34. The van der Waals surface area contributed by atoms with Crippen molar-refractivity contribution in [1.29, 1.82) is 0 Å². The molecule has 12 rings (SSSR count). The molecule has 0 unspecified atom stereocenters. The molecule has 236 valence electrons. The largest absolute Gasteiger partial charge is 0.450 e. The molecule has 0 fully saturated rings. The number of fused-ring (bicyclic) bond motifs is 13. The zero-order chi connectivity index (χ0) is 33.2. The van der Waals surface area contributed by atoms with E-state index in [0.29, 0.717) is 11.4 Å². The van der Waals surface area contributed by atoms with Crippen LogP contribution in [0.2, 0.25) is 0 Å². The number of hydrogen-bond acceptors (Lipinski definition) is 3. The monoisotopic (exact) mass is 650 g/mol. The molecule has 0 N–H and O–H groups in total. The van der Waals surface area contributed by atoms with Gasteiger partial charge in [-0.15, -0.1) is 0 Å². The van der Waals surface area contributed by atoms with Gasteiger partial charge >= 0.3 is 0 Å². The SMILES string of the molecule is c1ccc(-c2ccc(-c3nc(-n4c5ccccc5c5cc6c7ccccc7n7c8ccccc8c(c54)c67)c4oc5ccccc5c4n3)cc2)cc1. The van der Waals surface area contributed by atoms with Crippen molar-refractivity contribution in [3.8, 4) is 28.3 Å². The first kappa shape index (κ1) is 26.9. The molecule has 0 radical (unpaired) electrons. The molecule has 0 saturated carbocycles. The maximum absolute atomic E-state index is 6.71. The molecule has 5 nitrogen and oxygen atoms in total. The Labute approximate surface area is 290 Å². The number of nitrogens with zero attached hydrogens (tertiary/aromatic N) is 4. The van der Waals surface area contributed by atoms with E-state index in [4.69, 9.17) is 14.4 Å². The normalized spacial score (nSPS) is 12.3. The molecule has 0 amide bonds. The molecular weight excluding hydrogens is 625 g/mol. The van der Waals surface area contributed by atoms with Crippen molar-refractivity contribution in [1.82, 2.24) is 18.9 Å². The zero-order valence-corrected chi connectivity index (χ0v) is 27.2. The van der Waals surface area contributed by atoms with Gasteiger partial charge in [0.25, 0.3) is 0 Å². The molecule has 7 aromatic carbocycles. The average molecular weight is 651 g/mol. The van der Waals surface area contributed by atoms with E-state index in [2.05, 4.69) is 142 Å². The van der Waals surface area contributed by atoms with Gasteiger partial charge in [-0.2, -0.15) is 0 Å². The number of benzene rings is 7. The molecular formula is C46H26N4O. The minimum absolute atomic E-state index is 0.654. The van der Waals surface area contributed by atoms with E-state index < -0.39 is 0 Å². The Balaban J connectivity index is 1.25. The molecule has 51 heavy (non-hydrogen) atoms. The highest BCUT2D eigenvalue weighted by atomic mass is 16.3. The van der Waals surface area contributed by atoms with Crippen molar-refractivity contribution in [2.75, 3.05) is 0 Å². The van der Waals surface area contributed by atoms with Crippen LogP contribution in [0.15, 0.2) is 162 Å². The lowest BCUT2D eigenvalue weighted by Crippen LogP contribution is -2.02. The van der Waals surface area contributed by atoms with Gasteiger partial charge in [0.2, 0.25) is 0 Å². The van der Waals surface area contributed by atoms with Crippen LogP contribution in [-0.4, -0.2) is 18.9 Å². The second kappa shape index (κ2) is 9.80. The zero-order valence-electron chi connectivity index (χ0n) is 27.2. The molecule has 5 heteroatoms. The van der Waals surface area contributed by atoms with Gasteiger partial charge in [0.05, 0.1) is 27.6 Å². The van der Waals surface area contributed by atoms with Gasteiger partial charge in [-0.25, -0.2) is 9.97 Å². The molecule has 0 aliphatic heterocycles. The van der Waals surface area contributed by atoms with E-state index in [1.54, 1.807) is 0 Å². The first-order valence-electron chi connectivity index (χ1n) is 17.3. The highest BCUT2D eigenvalue weighted by Crippen LogP contribution is 2.47. The molecule has 0 atom stereocenters. The second-order valence-electron chi connectivity index (χ2n) is 13.4. The quantitative estimate of drug-likeness (QED) is 0.191. The number of hydrogen-bond donors (Lipinski definition) is 0. The number of furan rings is 1. The molecule has 0 spiro atoms. The van der Waals surface area contributed by atoms with Crippen LogP contribution in [0.4, 0.5) is 0 Å². The first-order chi connectivity index (χ1) is 25.3. The maximum Gasteiger partial charge on any atom is 0.197 e. The van der Waals surface area contributed by atoms with Crippen LogP contribution in [-0.2, 0) is 0 Å². The van der Waals surface area contributed by atoms with Gasteiger partial charge in [0.1, 0.15) is 11.1 Å². The van der Waals surface area contributed by atoms with Gasteiger partial charge < -0.3 is 8.82 Å². The fraction of sp³-hybridized carbons (Fsp3) is 0. The van der Waals surface area contributed by atoms with Crippen LogP contribution < -0.4 is 0 Å². The third-order valence-corrected chi connectivity index (χ3v) is 10.7. The van der Waals surface area contributed by atoms with Crippen LogP contribution in [0.3, 0.4) is 0 Å². The lowest BCUT2D eigenvalue weighted by atomic mass is 10.0. The molecule has 12 aromatic rings. The van der Waals surface area contributed by atoms with Crippen LogP contribution in [0.25, 0.3) is 110 Å². The minimum atomic E-state index is 0.654. The highest BCUT2D eigenvalue weighted by Gasteiger charge is 2.27. The third-order valence-electron chi connectivity index (χ3n) is 10.7. The molecule has 0 bridgehead atoms. The lowest BCUT2D eigenvalue weighted by molar-refractivity contribution is 0.662. The molecule has 0 aliphatic carbocycles. The number of aromatic nitrogens is 4. The van der Waals surface area contributed by atoms with Crippen molar-refractivity contribution < 1.29 is 4.42 Å². The Morgan fingerprint density at radius 1 is 0.431 bits per heavy atom. The summed E-state index contributed by atoms with van der Waals surface area (Å²) in [5.74, 6) is 1.38. The maximum atomic E-state index is 6.71. The van der Waals surface area contributed by atoms with E-state index in [9.17, 15) is 0 Å². The Morgan fingerprint density at radius 3 is 1.78 bits per heavy atom. The molecule has 0 aliphatic rings. The average Bonchev–Trinajstić information content (AvgIpc) is 3.93. The van der Waals surface area contributed by atoms with E-state index in [1.165, 1.54) is 54.4 Å². The van der Waals surface area contributed by atoms with Gasteiger partial charge in [0.15, 0.2) is 17.2 Å². The fourth-order valence-electron chi connectivity index (χ4n) is 8.48. The molecule has 5 aromatic heterocycles. The van der Waals surface area contributed by atoms with Gasteiger partial charge in [-0.05, 0) is 47.5 Å². The van der Waals surface area contributed by atoms with Crippen LogP contribution >= 0.6 is 0 Å². The summed E-state index contributed by atoms with van der Waals surface area (Å²) in [7, 11) is 0. The third kappa shape index (κ3) is 3.54. The van der Waals surface area contributed by atoms with Crippen LogP contribution in [0.1, 0.15) is 0 Å². The van der Waals surface area contributed by atoms with Crippen LogP contribution in [0, 0.1) is 0 Å². The molecule has 0 saturated heterocycles. The van der Waals surface area contributed by atoms with Crippen molar-refractivity contribution in [2.45, 2.75) is 0 Å². The van der Waals surface area contributed by atoms with Crippen LogP contribution in [0.5, 0.6) is 0 Å². The van der Waals surface area contributed by atoms with E-state index >= 15 is 0 Å². The van der Waals surface area contributed by atoms with Gasteiger partial charge in [-0.1, -0.05) is 121 Å². The smallest absolute Gasteiger partial charge is 0.197 e. The van der Waals surface area contributed by atoms with Crippen molar-refractivity contribution >= 4 is 82.0 Å². The summed E-state index contributed by atoms with van der Waals surface area (Å²) in [6.07, 6.45) is 0. The van der Waals surface area contributed by atoms with Crippen molar-refractivity contribution in [3.05, 3.63) is 158 Å². The fourth-order valence-corrected chi connectivity index (χ4v) is 8.48. The summed E-state index contributed by atoms with van der Waals surface area (Å²) in [5, 5.41) is 8.25. The minimum Gasteiger partial charge on any atom is -0.450 e. The summed E-state index contributed by atoms with van der Waals surface area (Å²) in [6.45, 7) is 0. The van der Waals surface area contributed by atoms with Gasteiger partial charge in [-0.3, -0.25) is 4.57 Å². The standard InChI is InChI=1S/C46H26N4O/c1-2-12-27(13-3-1)28-22-24-29(25-23-28)45-47-41-33-17-7-11-21-39(33)51-44(41)46(48-45)50-37-19-9-5-15-31(37)35-26-34-30-14-4-8-18-36(30)49-38-20-10-6-16-32(38)40(42(34)49)43(35)50/h1-26H. The van der Waals surface area contributed by atoms with Crippen molar-refractivity contribution in [2.24, 2.45) is 0 Å². The van der Waals surface area contributed by atoms with Gasteiger partial charge in [0, 0.05) is 43.3 Å². The summed E-state index contributed by atoms with van der Waals surface area (Å²) >= 11 is 0. The van der Waals surface area contributed by atoms with E-state index in [1.807, 2.05) is 24.3 Å². The summed E-state index contributed by atoms with van der Waals surface area (Å²) < 4.78 is 11.5. The topological polar surface area (TPSA) is 48.3 Å². The van der Waals surface area contributed by atoms with Crippen molar-refractivity contribution in [3.63, 3.8) is 0 Å². The molecule has 5 heterocycles. The Morgan fingerprint density at radius 2 is 1.00 bits per heavy atom. The predicted octanol–water partition coefficient (Wildman–Crippen LogP) is 12.0. The Hall–Kier alpha value is -6.98.